The number of carbonyl (C=O) groups excluding carboxylic acids is 1. The molecule has 1 aliphatic rings. The molecular weight excluding hydrogens is 228 g/mol. The van der Waals surface area contributed by atoms with Crippen molar-refractivity contribution in [3.05, 3.63) is 29.3 Å². The number of methoxy groups -OCH3 is 1. The molecule has 98 valence electrons. The summed E-state index contributed by atoms with van der Waals surface area (Å²) in [5.74, 6) is 0.671. The second kappa shape index (κ2) is 5.87. The highest BCUT2D eigenvalue weighted by molar-refractivity contribution is 5.73. The molecule has 0 aromatic heterocycles. The maximum absolute atomic E-state index is 10.7. The van der Waals surface area contributed by atoms with E-state index in [-0.39, 0.29) is 5.91 Å². The molecule has 0 fully saturated rings. The van der Waals surface area contributed by atoms with Crippen LogP contribution in [-0.2, 0) is 11.2 Å². The lowest BCUT2D eigenvalue weighted by Gasteiger charge is -2.14. The van der Waals surface area contributed by atoms with Gasteiger partial charge in [-0.25, -0.2) is 0 Å². The van der Waals surface area contributed by atoms with Gasteiger partial charge in [0.2, 0.25) is 5.91 Å². The standard InChI is InChI=1S/C14H20N2O2/c1-18-11-6-4-10-5-7-13(12(10)9-11)16-8-2-3-14(15)17/h4,6,9,13,16H,2-3,5,7-8H2,1H3,(H2,15,17). The van der Waals surface area contributed by atoms with E-state index in [0.717, 1.165) is 31.6 Å². The lowest BCUT2D eigenvalue weighted by Crippen LogP contribution is -2.22. The van der Waals surface area contributed by atoms with Gasteiger partial charge in [0.1, 0.15) is 5.75 Å². The van der Waals surface area contributed by atoms with Crippen molar-refractivity contribution in [2.75, 3.05) is 13.7 Å². The second-order valence-electron chi connectivity index (χ2n) is 4.68. The van der Waals surface area contributed by atoms with E-state index in [1.165, 1.54) is 11.1 Å². The van der Waals surface area contributed by atoms with Gasteiger partial charge in [-0.3, -0.25) is 4.79 Å². The van der Waals surface area contributed by atoms with Gasteiger partial charge in [-0.05, 0) is 49.1 Å². The Hall–Kier alpha value is -1.55. The normalized spacial score (nSPS) is 17.5. The van der Waals surface area contributed by atoms with Crippen LogP contribution in [0.5, 0.6) is 5.75 Å². The molecule has 1 aromatic carbocycles. The molecule has 1 atom stereocenters. The van der Waals surface area contributed by atoms with Crippen molar-refractivity contribution < 1.29 is 9.53 Å². The van der Waals surface area contributed by atoms with E-state index in [2.05, 4.69) is 17.4 Å². The number of benzene rings is 1. The highest BCUT2D eigenvalue weighted by Crippen LogP contribution is 2.33. The Kier molecular flexibility index (Phi) is 4.20. The van der Waals surface area contributed by atoms with Crippen molar-refractivity contribution in [3.63, 3.8) is 0 Å². The van der Waals surface area contributed by atoms with Gasteiger partial charge in [0.15, 0.2) is 0 Å². The minimum absolute atomic E-state index is 0.231. The Bertz CT molecular complexity index is 432. The molecule has 4 nitrogen and oxygen atoms in total. The molecule has 1 aromatic rings. The van der Waals surface area contributed by atoms with Crippen LogP contribution in [0.15, 0.2) is 18.2 Å². The van der Waals surface area contributed by atoms with Crippen LogP contribution >= 0.6 is 0 Å². The zero-order chi connectivity index (χ0) is 13.0. The molecule has 0 bridgehead atoms. The zero-order valence-electron chi connectivity index (χ0n) is 10.7. The van der Waals surface area contributed by atoms with Crippen LogP contribution in [0.3, 0.4) is 0 Å². The van der Waals surface area contributed by atoms with Gasteiger partial charge in [0.25, 0.3) is 0 Å². The molecule has 4 heteroatoms. The molecule has 0 heterocycles. The molecule has 1 aliphatic carbocycles. The highest BCUT2D eigenvalue weighted by Gasteiger charge is 2.22. The number of nitrogens with two attached hydrogens (primary N) is 1. The highest BCUT2D eigenvalue weighted by atomic mass is 16.5. The summed E-state index contributed by atoms with van der Waals surface area (Å²) in [5, 5.41) is 3.48. The Labute approximate surface area is 108 Å². The number of fused-ring (bicyclic) bond motifs is 1. The fourth-order valence-corrected chi connectivity index (χ4v) is 2.46. The van der Waals surface area contributed by atoms with E-state index in [9.17, 15) is 4.79 Å². The van der Waals surface area contributed by atoms with E-state index < -0.39 is 0 Å². The summed E-state index contributed by atoms with van der Waals surface area (Å²) in [4.78, 5) is 10.7. The average molecular weight is 248 g/mol. The summed E-state index contributed by atoms with van der Waals surface area (Å²) in [7, 11) is 1.69. The topological polar surface area (TPSA) is 64.3 Å². The molecule has 0 spiro atoms. The summed E-state index contributed by atoms with van der Waals surface area (Å²) in [6, 6.07) is 6.63. The smallest absolute Gasteiger partial charge is 0.217 e. The monoisotopic (exact) mass is 248 g/mol. The minimum Gasteiger partial charge on any atom is -0.497 e. The van der Waals surface area contributed by atoms with Gasteiger partial charge < -0.3 is 15.8 Å². The third kappa shape index (κ3) is 3.01. The Balaban J connectivity index is 1.91. The van der Waals surface area contributed by atoms with Crippen LogP contribution < -0.4 is 15.8 Å². The fraction of sp³-hybridized carbons (Fsp3) is 0.500. The average Bonchev–Trinajstić information content (AvgIpc) is 2.76. The quantitative estimate of drug-likeness (QED) is 0.750. The first-order chi connectivity index (χ1) is 8.70. The van der Waals surface area contributed by atoms with E-state index in [4.69, 9.17) is 10.5 Å². The maximum atomic E-state index is 10.7. The van der Waals surface area contributed by atoms with Crippen LogP contribution in [0.25, 0.3) is 0 Å². The van der Waals surface area contributed by atoms with E-state index in [0.29, 0.717) is 12.5 Å². The zero-order valence-corrected chi connectivity index (χ0v) is 10.7. The second-order valence-corrected chi connectivity index (χ2v) is 4.68. The van der Waals surface area contributed by atoms with Crippen LogP contribution in [0.1, 0.15) is 36.4 Å². The summed E-state index contributed by atoms with van der Waals surface area (Å²) in [6.07, 6.45) is 3.46. The molecule has 3 N–H and O–H groups in total. The van der Waals surface area contributed by atoms with Crippen LogP contribution in [0.4, 0.5) is 0 Å². The molecule has 0 saturated heterocycles. The molecule has 18 heavy (non-hydrogen) atoms. The Morgan fingerprint density at radius 1 is 1.56 bits per heavy atom. The summed E-state index contributed by atoms with van der Waals surface area (Å²) in [6.45, 7) is 0.824. The number of primary amides is 1. The number of nitrogens with one attached hydrogen (secondary N) is 1. The van der Waals surface area contributed by atoms with E-state index >= 15 is 0 Å². The van der Waals surface area contributed by atoms with Gasteiger partial charge in [-0.2, -0.15) is 0 Å². The third-order valence-corrected chi connectivity index (χ3v) is 3.42. The Morgan fingerprint density at radius 2 is 2.39 bits per heavy atom. The largest absolute Gasteiger partial charge is 0.497 e. The number of hydrogen-bond acceptors (Lipinski definition) is 3. The van der Waals surface area contributed by atoms with Crippen molar-refractivity contribution in [1.29, 1.82) is 0 Å². The number of ether oxygens (including phenoxy) is 1. The number of hydrogen-bond donors (Lipinski definition) is 2. The summed E-state index contributed by atoms with van der Waals surface area (Å²) in [5.41, 5.74) is 7.84. The molecule has 2 rings (SSSR count). The van der Waals surface area contributed by atoms with E-state index in [1.54, 1.807) is 7.11 Å². The molecule has 1 unspecified atom stereocenters. The molecule has 0 radical (unpaired) electrons. The van der Waals surface area contributed by atoms with E-state index in [1.807, 2.05) is 6.07 Å². The van der Waals surface area contributed by atoms with Crippen molar-refractivity contribution in [2.24, 2.45) is 5.73 Å². The van der Waals surface area contributed by atoms with Crippen LogP contribution in [0, 0.1) is 0 Å². The molecule has 0 saturated carbocycles. The first-order valence-electron chi connectivity index (χ1n) is 6.39. The SMILES string of the molecule is COc1ccc2c(c1)C(NCCCC(N)=O)CC2. The van der Waals surface area contributed by atoms with Crippen LogP contribution in [0.2, 0.25) is 0 Å². The number of carbonyl (C=O) groups is 1. The predicted molar refractivity (Wildman–Crippen MR) is 70.5 cm³/mol. The Morgan fingerprint density at radius 3 is 3.11 bits per heavy atom. The van der Waals surface area contributed by atoms with Gasteiger partial charge >= 0.3 is 0 Å². The van der Waals surface area contributed by atoms with Gasteiger partial charge in [-0.1, -0.05) is 6.07 Å². The van der Waals surface area contributed by atoms with Crippen molar-refractivity contribution in [2.45, 2.75) is 31.7 Å². The molecule has 0 aliphatic heterocycles. The molecule has 1 amide bonds. The van der Waals surface area contributed by atoms with Gasteiger partial charge in [0.05, 0.1) is 7.11 Å². The van der Waals surface area contributed by atoms with Crippen molar-refractivity contribution in [1.82, 2.24) is 5.32 Å². The lowest BCUT2D eigenvalue weighted by molar-refractivity contribution is -0.118. The first-order valence-corrected chi connectivity index (χ1v) is 6.39. The minimum atomic E-state index is -0.231. The number of amides is 1. The maximum Gasteiger partial charge on any atom is 0.217 e. The van der Waals surface area contributed by atoms with Crippen molar-refractivity contribution >= 4 is 5.91 Å². The third-order valence-electron chi connectivity index (χ3n) is 3.42. The fourth-order valence-electron chi connectivity index (χ4n) is 2.46. The van der Waals surface area contributed by atoms with Crippen molar-refractivity contribution in [3.8, 4) is 5.75 Å². The predicted octanol–water partition coefficient (Wildman–Crippen LogP) is 1.54. The summed E-state index contributed by atoms with van der Waals surface area (Å²) >= 11 is 0. The summed E-state index contributed by atoms with van der Waals surface area (Å²) < 4.78 is 5.26. The first kappa shape index (κ1) is 12.9. The molecular formula is C14H20N2O2. The van der Waals surface area contributed by atoms with Gasteiger partial charge in [-0.15, -0.1) is 0 Å². The lowest BCUT2D eigenvalue weighted by atomic mass is 10.1. The number of rotatable bonds is 6. The van der Waals surface area contributed by atoms with Gasteiger partial charge in [0, 0.05) is 12.5 Å². The van der Waals surface area contributed by atoms with Crippen LogP contribution in [-0.4, -0.2) is 19.6 Å². The number of aryl methyl sites for hydroxylation is 1.